The van der Waals surface area contributed by atoms with Crippen molar-refractivity contribution in [2.75, 3.05) is 10.6 Å². The maximum absolute atomic E-state index is 12.8. The highest BCUT2D eigenvalue weighted by Crippen LogP contribution is 2.21. The fourth-order valence-electron chi connectivity index (χ4n) is 2.91. The molecule has 27 heavy (non-hydrogen) atoms. The molecule has 1 aromatic heterocycles. The number of hydrogen-bond donors (Lipinski definition) is 2. The van der Waals surface area contributed by atoms with Crippen molar-refractivity contribution in [2.45, 2.75) is 27.2 Å². The third-order valence-corrected chi connectivity index (χ3v) is 4.24. The molecule has 3 rings (SSSR count). The average molecular weight is 362 g/mol. The third-order valence-electron chi connectivity index (χ3n) is 4.24. The van der Waals surface area contributed by atoms with Crippen LogP contribution < -0.4 is 10.6 Å². The SMILES string of the molecule is CCC(=O)Nc1cccc(NC(=O)c2c(C)nn(-c3ccccc3)c2C)c1. The molecule has 0 aliphatic carbocycles. The number of anilines is 2. The maximum atomic E-state index is 12.8. The molecule has 6 nitrogen and oxygen atoms in total. The number of amides is 2. The van der Waals surface area contributed by atoms with E-state index in [4.69, 9.17) is 0 Å². The molecule has 0 fully saturated rings. The predicted molar refractivity (Wildman–Crippen MR) is 106 cm³/mol. The van der Waals surface area contributed by atoms with Gasteiger partial charge in [-0.1, -0.05) is 31.2 Å². The second-order valence-corrected chi connectivity index (χ2v) is 6.23. The summed E-state index contributed by atoms with van der Waals surface area (Å²) in [6.45, 7) is 5.48. The number of hydrogen-bond acceptors (Lipinski definition) is 3. The summed E-state index contributed by atoms with van der Waals surface area (Å²) in [5.74, 6) is -0.305. The average Bonchev–Trinajstić information content (AvgIpc) is 2.97. The van der Waals surface area contributed by atoms with Crippen LogP contribution in [-0.2, 0) is 4.79 Å². The Morgan fingerprint density at radius 2 is 1.63 bits per heavy atom. The quantitative estimate of drug-likeness (QED) is 0.718. The molecule has 3 aromatic rings. The minimum atomic E-state index is -0.230. The third kappa shape index (κ3) is 4.06. The first kappa shape index (κ1) is 18.4. The molecule has 2 aromatic carbocycles. The van der Waals surface area contributed by atoms with Gasteiger partial charge in [0.15, 0.2) is 0 Å². The summed E-state index contributed by atoms with van der Waals surface area (Å²) >= 11 is 0. The second kappa shape index (κ2) is 7.86. The lowest BCUT2D eigenvalue weighted by Gasteiger charge is -2.09. The molecule has 138 valence electrons. The van der Waals surface area contributed by atoms with Crippen molar-refractivity contribution in [3.8, 4) is 5.69 Å². The molecule has 6 heteroatoms. The molecule has 0 aliphatic heterocycles. The normalized spacial score (nSPS) is 10.5. The summed E-state index contributed by atoms with van der Waals surface area (Å²) in [7, 11) is 0. The van der Waals surface area contributed by atoms with Gasteiger partial charge in [-0.15, -0.1) is 0 Å². The van der Waals surface area contributed by atoms with Crippen molar-refractivity contribution in [1.82, 2.24) is 9.78 Å². The molecule has 2 amide bonds. The van der Waals surface area contributed by atoms with E-state index in [1.807, 2.05) is 44.2 Å². The van der Waals surface area contributed by atoms with Crippen molar-refractivity contribution in [3.63, 3.8) is 0 Å². The summed E-state index contributed by atoms with van der Waals surface area (Å²) in [5, 5.41) is 10.2. The fourth-order valence-corrected chi connectivity index (χ4v) is 2.91. The first-order chi connectivity index (χ1) is 13.0. The Labute approximate surface area is 158 Å². The fraction of sp³-hybridized carbons (Fsp3) is 0.190. The maximum Gasteiger partial charge on any atom is 0.259 e. The molecule has 0 unspecified atom stereocenters. The summed E-state index contributed by atoms with van der Waals surface area (Å²) in [4.78, 5) is 24.4. The summed E-state index contributed by atoms with van der Waals surface area (Å²) in [5.41, 5.74) is 4.13. The van der Waals surface area contributed by atoms with Crippen molar-refractivity contribution in [3.05, 3.63) is 71.5 Å². The van der Waals surface area contributed by atoms with Crippen LogP contribution in [0.4, 0.5) is 11.4 Å². The molecule has 0 radical (unpaired) electrons. The van der Waals surface area contributed by atoms with Crippen molar-refractivity contribution < 1.29 is 9.59 Å². The minimum absolute atomic E-state index is 0.0747. The molecule has 0 bridgehead atoms. The number of nitrogens with one attached hydrogen (secondary N) is 2. The Bertz CT molecular complexity index is 977. The van der Waals surface area contributed by atoms with Gasteiger partial charge in [-0.25, -0.2) is 4.68 Å². The van der Waals surface area contributed by atoms with Gasteiger partial charge in [0.1, 0.15) is 0 Å². The van der Waals surface area contributed by atoms with Gasteiger partial charge in [0.2, 0.25) is 5.91 Å². The number of nitrogens with zero attached hydrogens (tertiary/aromatic N) is 2. The Morgan fingerprint density at radius 1 is 0.963 bits per heavy atom. The van der Waals surface area contributed by atoms with Crippen LogP contribution in [0.5, 0.6) is 0 Å². The Kier molecular flexibility index (Phi) is 5.35. The first-order valence-electron chi connectivity index (χ1n) is 8.82. The number of benzene rings is 2. The molecule has 0 atom stereocenters. The molecule has 0 saturated heterocycles. The second-order valence-electron chi connectivity index (χ2n) is 6.23. The van der Waals surface area contributed by atoms with Crippen LogP contribution >= 0.6 is 0 Å². The van der Waals surface area contributed by atoms with E-state index in [-0.39, 0.29) is 11.8 Å². The largest absolute Gasteiger partial charge is 0.326 e. The predicted octanol–water partition coefficient (Wildman–Crippen LogP) is 4.09. The van der Waals surface area contributed by atoms with Gasteiger partial charge in [0.05, 0.1) is 22.6 Å². The first-order valence-corrected chi connectivity index (χ1v) is 8.82. The minimum Gasteiger partial charge on any atom is -0.326 e. The highest BCUT2D eigenvalue weighted by Gasteiger charge is 2.19. The number of rotatable bonds is 5. The number of carbonyl (C=O) groups is 2. The van der Waals surface area contributed by atoms with Gasteiger partial charge in [0.25, 0.3) is 5.91 Å². The summed E-state index contributed by atoms with van der Waals surface area (Å²) in [6, 6.07) is 16.8. The van der Waals surface area contributed by atoms with Crippen LogP contribution in [0.3, 0.4) is 0 Å². The van der Waals surface area contributed by atoms with E-state index in [0.717, 1.165) is 11.4 Å². The lowest BCUT2D eigenvalue weighted by atomic mass is 10.1. The lowest BCUT2D eigenvalue weighted by Crippen LogP contribution is -2.15. The van der Waals surface area contributed by atoms with E-state index in [0.29, 0.717) is 29.1 Å². The molecule has 1 heterocycles. The van der Waals surface area contributed by atoms with Crippen molar-refractivity contribution in [2.24, 2.45) is 0 Å². The Balaban J connectivity index is 1.84. The number of aromatic nitrogens is 2. The van der Waals surface area contributed by atoms with Crippen LogP contribution in [-0.4, -0.2) is 21.6 Å². The molecule has 0 saturated carbocycles. The summed E-state index contributed by atoms with van der Waals surface area (Å²) < 4.78 is 1.77. The number of aryl methyl sites for hydroxylation is 1. The van der Waals surface area contributed by atoms with E-state index in [1.165, 1.54) is 0 Å². The lowest BCUT2D eigenvalue weighted by molar-refractivity contribution is -0.115. The van der Waals surface area contributed by atoms with Crippen LogP contribution in [0.25, 0.3) is 5.69 Å². The van der Waals surface area contributed by atoms with Gasteiger partial charge in [-0.3, -0.25) is 9.59 Å². The van der Waals surface area contributed by atoms with Crippen LogP contribution in [0.15, 0.2) is 54.6 Å². The van der Waals surface area contributed by atoms with Gasteiger partial charge < -0.3 is 10.6 Å². The zero-order chi connectivity index (χ0) is 19.4. The molecule has 2 N–H and O–H groups in total. The molecule has 0 aliphatic rings. The summed E-state index contributed by atoms with van der Waals surface area (Å²) in [6.07, 6.45) is 0.396. The zero-order valence-electron chi connectivity index (χ0n) is 15.6. The zero-order valence-corrected chi connectivity index (χ0v) is 15.6. The van der Waals surface area contributed by atoms with Gasteiger partial charge in [-0.2, -0.15) is 5.10 Å². The van der Waals surface area contributed by atoms with E-state index in [1.54, 1.807) is 35.9 Å². The van der Waals surface area contributed by atoms with E-state index >= 15 is 0 Å². The smallest absolute Gasteiger partial charge is 0.259 e. The van der Waals surface area contributed by atoms with E-state index in [2.05, 4.69) is 15.7 Å². The standard InChI is InChI=1S/C21H22N4O2/c1-4-19(26)22-16-9-8-10-17(13-16)23-21(27)20-14(2)24-25(15(20)3)18-11-6-5-7-12-18/h5-13H,4H2,1-3H3,(H,22,26)(H,23,27). The monoisotopic (exact) mass is 362 g/mol. The topological polar surface area (TPSA) is 76.0 Å². The van der Waals surface area contributed by atoms with Gasteiger partial charge >= 0.3 is 0 Å². The highest BCUT2D eigenvalue weighted by atomic mass is 16.2. The van der Waals surface area contributed by atoms with Crippen molar-refractivity contribution >= 4 is 23.2 Å². The number of para-hydroxylation sites is 1. The van der Waals surface area contributed by atoms with Crippen LogP contribution in [0, 0.1) is 13.8 Å². The van der Waals surface area contributed by atoms with Crippen molar-refractivity contribution in [1.29, 1.82) is 0 Å². The van der Waals surface area contributed by atoms with Crippen LogP contribution in [0.2, 0.25) is 0 Å². The molecular weight excluding hydrogens is 340 g/mol. The number of carbonyl (C=O) groups excluding carboxylic acids is 2. The molecular formula is C21H22N4O2. The van der Waals surface area contributed by atoms with Crippen LogP contribution in [0.1, 0.15) is 35.1 Å². The highest BCUT2D eigenvalue weighted by molar-refractivity contribution is 6.06. The molecule has 0 spiro atoms. The Morgan fingerprint density at radius 3 is 2.30 bits per heavy atom. The van der Waals surface area contributed by atoms with Gasteiger partial charge in [-0.05, 0) is 44.2 Å². The van der Waals surface area contributed by atoms with E-state index < -0.39 is 0 Å². The van der Waals surface area contributed by atoms with E-state index in [9.17, 15) is 9.59 Å². The Hall–Kier alpha value is -3.41. The van der Waals surface area contributed by atoms with Gasteiger partial charge in [0, 0.05) is 17.8 Å².